The number of halogens is 2. The summed E-state index contributed by atoms with van der Waals surface area (Å²) in [7, 11) is 3.74. The second kappa shape index (κ2) is 18.9. The number of pyridine rings is 4. The number of nitrogens with one attached hydrogen (secondary N) is 4. The Bertz CT molecular complexity index is 3330. The molecule has 4 aliphatic rings. The molecule has 2 amide bonds. The zero-order chi connectivity index (χ0) is 51.7. The minimum atomic E-state index is -0.532. The SMILES string of the molecule is CC[C@@H]1[C@@H](C(=O)Nc2cc3cc(-c4cnc5c(c4C)NCCO5)c(F)c(N)c3cn2)[C@@H]1c1cnn(C)c1.CC[C@H]1[C@H](C(=O)Nc2cc3cc(-c4cnc5c(c4C)NCCO5)c(F)c(N)c3cn2)[C@H]1c1cnn(C)c1. The Balaban J connectivity index is 0.000000159. The van der Waals surface area contributed by atoms with Crippen molar-refractivity contribution < 1.29 is 27.8 Å². The van der Waals surface area contributed by atoms with Crippen LogP contribution in [0.3, 0.4) is 0 Å². The molecule has 8 heterocycles. The van der Waals surface area contributed by atoms with Crippen LogP contribution < -0.4 is 42.2 Å². The Kier molecular flexibility index (Phi) is 12.2. The number of aromatic nitrogens is 8. The number of hydrogen-bond donors (Lipinski definition) is 6. The van der Waals surface area contributed by atoms with Crippen molar-refractivity contribution >= 4 is 67.7 Å². The van der Waals surface area contributed by atoms with E-state index in [1.807, 2.05) is 52.7 Å². The number of carbonyl (C=O) groups is 2. The Morgan fingerprint density at radius 2 is 1.05 bits per heavy atom. The van der Waals surface area contributed by atoms with Gasteiger partial charge in [-0.2, -0.15) is 10.2 Å². The molecule has 20 heteroatoms. The predicted octanol–water partition coefficient (Wildman–Crippen LogP) is 8.49. The lowest BCUT2D eigenvalue weighted by Gasteiger charge is -2.22. The van der Waals surface area contributed by atoms with Gasteiger partial charge in [-0.15, -0.1) is 0 Å². The lowest BCUT2D eigenvalue weighted by Crippen LogP contribution is -2.20. The molecule has 2 aliphatic heterocycles. The number of nitrogens with zero attached hydrogens (tertiary/aromatic N) is 8. The number of anilines is 6. The van der Waals surface area contributed by atoms with E-state index in [4.69, 9.17) is 20.9 Å². The van der Waals surface area contributed by atoms with E-state index in [1.54, 1.807) is 46.0 Å². The highest BCUT2D eigenvalue weighted by Gasteiger charge is 2.55. The standard InChI is InChI=1S/2C27H28FN7O2/c2*1-4-16-21(15-9-33-35(3)12-15)22(16)26(36)34-20-8-14-7-17(23(28)24(29)19(14)11-31-20)18-10-32-27-25(13(18)2)30-5-6-37-27/h2*7-12,16,21-22,30H,4-6,29H2,1-3H3,(H,31,34,36)/t2*16-,21+,22+/m10/s1. The number of ether oxygens (including phenoxy) is 2. The van der Waals surface area contributed by atoms with Crippen molar-refractivity contribution in [3.63, 3.8) is 0 Å². The fraction of sp³-hybridized carbons (Fsp3) is 0.333. The number of benzene rings is 2. The van der Waals surface area contributed by atoms with Crippen molar-refractivity contribution in [3.8, 4) is 34.0 Å². The molecule has 0 radical (unpaired) electrons. The van der Waals surface area contributed by atoms with Crippen molar-refractivity contribution in [2.24, 2.45) is 37.8 Å². The van der Waals surface area contributed by atoms with Gasteiger partial charge in [-0.1, -0.05) is 26.7 Å². The van der Waals surface area contributed by atoms with Crippen molar-refractivity contribution in [1.82, 2.24) is 39.5 Å². The summed E-state index contributed by atoms with van der Waals surface area (Å²) < 4.78 is 45.6. The molecule has 12 rings (SSSR count). The van der Waals surface area contributed by atoms with Gasteiger partial charge in [0.25, 0.3) is 0 Å². The van der Waals surface area contributed by atoms with Crippen LogP contribution in [0.5, 0.6) is 11.8 Å². The molecule has 8 N–H and O–H groups in total. The van der Waals surface area contributed by atoms with Crippen molar-refractivity contribution in [2.75, 3.05) is 59.0 Å². The Morgan fingerprint density at radius 3 is 1.43 bits per heavy atom. The van der Waals surface area contributed by atoms with Crippen molar-refractivity contribution in [1.29, 1.82) is 0 Å². The first kappa shape index (κ1) is 47.9. The van der Waals surface area contributed by atoms with Gasteiger partial charge < -0.3 is 42.2 Å². The highest BCUT2D eigenvalue weighted by atomic mass is 19.1. The van der Waals surface area contributed by atoms with Crippen LogP contribution in [-0.4, -0.2) is 77.6 Å². The quantitative estimate of drug-likeness (QED) is 0.0705. The van der Waals surface area contributed by atoms with Gasteiger partial charge in [-0.3, -0.25) is 19.0 Å². The molecule has 0 spiro atoms. The molecule has 18 nitrogen and oxygen atoms in total. The highest BCUT2D eigenvalue weighted by molar-refractivity contribution is 6.03. The fourth-order valence-electron chi connectivity index (χ4n) is 11.1. The van der Waals surface area contributed by atoms with Gasteiger partial charge in [0.1, 0.15) is 36.2 Å². The Morgan fingerprint density at radius 1 is 0.635 bits per heavy atom. The number of hydrogen-bond acceptors (Lipinski definition) is 14. The maximum absolute atomic E-state index is 15.4. The molecular formula is C54H56F2N14O4. The summed E-state index contributed by atoms with van der Waals surface area (Å²) in [6, 6.07) is 6.92. The molecule has 8 aromatic rings. The number of nitrogens with two attached hydrogens (primary N) is 2. The highest BCUT2D eigenvalue weighted by Crippen LogP contribution is 2.57. The molecule has 6 aromatic heterocycles. The van der Waals surface area contributed by atoms with E-state index in [-0.39, 0.29) is 58.7 Å². The van der Waals surface area contributed by atoms with Gasteiger partial charge in [-0.25, -0.2) is 28.7 Å². The number of rotatable bonds is 10. The normalized spacial score (nSPS) is 20.2. The monoisotopic (exact) mass is 1000 g/mol. The third kappa shape index (κ3) is 8.46. The first-order valence-corrected chi connectivity index (χ1v) is 24.8. The molecule has 74 heavy (non-hydrogen) atoms. The molecule has 2 saturated carbocycles. The van der Waals surface area contributed by atoms with E-state index in [2.05, 4.69) is 65.2 Å². The first-order chi connectivity index (χ1) is 35.7. The molecule has 0 bridgehead atoms. The van der Waals surface area contributed by atoms with Gasteiger partial charge in [0, 0.05) is 121 Å². The third-order valence-corrected chi connectivity index (χ3v) is 15.1. The number of fused-ring (bicyclic) bond motifs is 4. The largest absolute Gasteiger partial charge is 0.474 e. The Labute approximate surface area is 424 Å². The van der Waals surface area contributed by atoms with Crippen LogP contribution >= 0.6 is 0 Å². The molecule has 2 aliphatic carbocycles. The molecule has 0 unspecified atom stereocenters. The summed E-state index contributed by atoms with van der Waals surface area (Å²) in [5.74, 6) is 1.12. The minimum Gasteiger partial charge on any atom is -0.474 e. The van der Waals surface area contributed by atoms with Crippen LogP contribution in [0.4, 0.5) is 43.2 Å². The second-order valence-corrected chi connectivity index (χ2v) is 19.5. The lowest BCUT2D eigenvalue weighted by atomic mass is 9.97. The summed E-state index contributed by atoms with van der Waals surface area (Å²) >= 11 is 0. The summed E-state index contributed by atoms with van der Waals surface area (Å²) in [4.78, 5) is 43.8. The zero-order valence-corrected chi connectivity index (χ0v) is 41.8. The molecule has 2 aromatic carbocycles. The number of aryl methyl sites for hydroxylation is 2. The maximum atomic E-state index is 15.4. The van der Waals surface area contributed by atoms with E-state index < -0.39 is 11.6 Å². The lowest BCUT2D eigenvalue weighted by molar-refractivity contribution is -0.118. The minimum absolute atomic E-state index is 0.00379. The van der Waals surface area contributed by atoms with Crippen LogP contribution in [0.25, 0.3) is 43.8 Å². The smallest absolute Gasteiger partial charge is 0.237 e. The Hall–Kier alpha value is -8.42. The fourth-order valence-corrected chi connectivity index (χ4v) is 11.1. The van der Waals surface area contributed by atoms with Gasteiger partial charge in [0.2, 0.25) is 23.6 Å². The second-order valence-electron chi connectivity index (χ2n) is 19.5. The van der Waals surface area contributed by atoms with Crippen LogP contribution in [0, 0.1) is 49.2 Å². The summed E-state index contributed by atoms with van der Waals surface area (Å²) in [5, 5.41) is 23.3. The molecule has 6 atom stereocenters. The van der Waals surface area contributed by atoms with E-state index in [0.717, 1.165) is 46.5 Å². The van der Waals surface area contributed by atoms with Gasteiger partial charge >= 0.3 is 0 Å². The van der Waals surface area contributed by atoms with E-state index in [1.165, 1.54) is 12.4 Å². The van der Waals surface area contributed by atoms with Crippen molar-refractivity contribution in [2.45, 2.75) is 52.4 Å². The summed E-state index contributed by atoms with van der Waals surface area (Å²) in [5.41, 5.74) is 19.6. The average molecular weight is 1000 g/mol. The zero-order valence-electron chi connectivity index (χ0n) is 41.8. The topological polar surface area (TPSA) is 240 Å². The van der Waals surface area contributed by atoms with E-state index in [0.29, 0.717) is 93.5 Å². The van der Waals surface area contributed by atoms with E-state index >= 15 is 8.78 Å². The molecule has 0 saturated heterocycles. The van der Waals surface area contributed by atoms with Crippen LogP contribution in [0.15, 0.2) is 73.8 Å². The van der Waals surface area contributed by atoms with Gasteiger partial charge in [0.15, 0.2) is 11.6 Å². The van der Waals surface area contributed by atoms with Crippen LogP contribution in [0.2, 0.25) is 0 Å². The van der Waals surface area contributed by atoms with Crippen LogP contribution in [0.1, 0.15) is 60.8 Å². The van der Waals surface area contributed by atoms with Crippen LogP contribution in [-0.2, 0) is 23.7 Å². The summed E-state index contributed by atoms with van der Waals surface area (Å²) in [6.07, 6.45) is 15.6. The first-order valence-electron chi connectivity index (χ1n) is 24.8. The van der Waals surface area contributed by atoms with Gasteiger partial charge in [0.05, 0.1) is 23.8 Å². The van der Waals surface area contributed by atoms with Crippen molar-refractivity contribution in [3.05, 3.63) is 108 Å². The number of nitrogen functional groups attached to an aromatic ring is 2. The number of carbonyl (C=O) groups excluding carboxylic acids is 2. The molecule has 380 valence electrons. The molecular weight excluding hydrogens is 947 g/mol. The van der Waals surface area contributed by atoms with Gasteiger partial charge in [-0.05, 0) is 83.0 Å². The summed E-state index contributed by atoms with van der Waals surface area (Å²) in [6.45, 7) is 10.3. The predicted molar refractivity (Wildman–Crippen MR) is 280 cm³/mol. The maximum Gasteiger partial charge on any atom is 0.237 e. The average Bonchev–Trinajstić information content (AvgIpc) is 4.22. The number of amides is 2. The molecule has 2 fully saturated rings. The van der Waals surface area contributed by atoms with E-state index in [9.17, 15) is 9.59 Å². The third-order valence-electron chi connectivity index (χ3n) is 15.1.